The van der Waals surface area contributed by atoms with E-state index < -0.39 is 10.1 Å². The zero-order valence-corrected chi connectivity index (χ0v) is 16.3. The summed E-state index contributed by atoms with van der Waals surface area (Å²) in [6.45, 7) is 0. The molecule has 0 N–H and O–H groups in total. The highest BCUT2D eigenvalue weighted by Crippen LogP contribution is 2.50. The van der Waals surface area contributed by atoms with E-state index in [1.807, 2.05) is 12.1 Å². The van der Waals surface area contributed by atoms with Gasteiger partial charge >= 0.3 is 10.1 Å². The average molecular weight is 394 g/mol. The molecule has 0 saturated heterocycles. The van der Waals surface area contributed by atoms with Crippen LogP contribution in [-0.2, 0) is 10.1 Å². The number of hydrogen-bond donors (Lipinski definition) is 0. The van der Waals surface area contributed by atoms with Crippen LogP contribution in [0.25, 0.3) is 64.6 Å². The molecule has 0 bridgehead atoms. The van der Waals surface area contributed by atoms with Gasteiger partial charge in [0, 0.05) is 10.8 Å². The van der Waals surface area contributed by atoms with Crippen molar-refractivity contribution < 1.29 is 12.6 Å². The molecule has 0 aliphatic carbocycles. The molecule has 3 nitrogen and oxygen atoms in total. The molecule has 0 unspecified atom stereocenters. The lowest BCUT2D eigenvalue weighted by molar-refractivity contribution is 0.496. The topological polar surface area (TPSA) is 43.4 Å². The van der Waals surface area contributed by atoms with Crippen LogP contribution < -0.4 is 4.18 Å². The first-order valence-electron chi connectivity index (χ1n) is 9.49. The van der Waals surface area contributed by atoms with Gasteiger partial charge in [-0.1, -0.05) is 54.6 Å². The summed E-state index contributed by atoms with van der Waals surface area (Å²) in [5, 5.41) is 13.8. The molecule has 0 spiro atoms. The average Bonchev–Trinajstić information content (AvgIpc) is 2.70. The van der Waals surface area contributed by atoms with Gasteiger partial charge in [-0.2, -0.15) is 8.42 Å². The minimum Gasteiger partial charge on any atom is -0.382 e. The van der Waals surface area contributed by atoms with Gasteiger partial charge in [0.05, 0.1) is 6.26 Å². The molecule has 7 aromatic carbocycles. The Hall–Kier alpha value is -3.37. The molecule has 29 heavy (non-hydrogen) atoms. The van der Waals surface area contributed by atoms with Crippen LogP contribution in [0.1, 0.15) is 0 Å². The van der Waals surface area contributed by atoms with Crippen LogP contribution in [0.3, 0.4) is 0 Å². The molecule has 0 amide bonds. The van der Waals surface area contributed by atoms with E-state index in [0.29, 0.717) is 5.75 Å². The van der Waals surface area contributed by atoms with Crippen molar-refractivity contribution in [2.75, 3.05) is 6.26 Å². The second-order valence-electron chi connectivity index (χ2n) is 7.90. The highest BCUT2D eigenvalue weighted by atomic mass is 32.2. The van der Waals surface area contributed by atoms with Crippen LogP contribution in [0.5, 0.6) is 5.75 Å². The molecule has 0 fully saturated rings. The summed E-state index contributed by atoms with van der Waals surface area (Å²) in [5.41, 5.74) is 0. The third kappa shape index (κ3) is 1.85. The maximum absolute atomic E-state index is 11.9. The van der Waals surface area contributed by atoms with Crippen LogP contribution in [0, 0.1) is 0 Å². The Morgan fingerprint density at radius 2 is 0.931 bits per heavy atom. The van der Waals surface area contributed by atoms with Gasteiger partial charge in [-0.25, -0.2) is 0 Å². The van der Waals surface area contributed by atoms with Crippen molar-refractivity contribution in [1.82, 2.24) is 0 Å². The molecular weight excluding hydrogens is 380 g/mol. The normalized spacial score (nSPS) is 13.3. The van der Waals surface area contributed by atoms with Crippen LogP contribution >= 0.6 is 0 Å². The fourth-order valence-electron chi connectivity index (χ4n) is 5.19. The Morgan fingerprint density at radius 3 is 1.41 bits per heavy atom. The first-order valence-corrected chi connectivity index (χ1v) is 11.3. The third-order valence-corrected chi connectivity index (χ3v) is 6.69. The SMILES string of the molecule is CS(=O)(=O)Oc1cc2ccc3ccc4ccc5ccc6ccc1c1c6c5c4c3c21. The number of hydrogen-bond acceptors (Lipinski definition) is 3. The third-order valence-electron chi connectivity index (χ3n) is 6.21. The van der Waals surface area contributed by atoms with Crippen molar-refractivity contribution in [2.24, 2.45) is 0 Å². The van der Waals surface area contributed by atoms with Gasteiger partial charge in [0.2, 0.25) is 0 Å². The molecule has 4 heteroatoms. The van der Waals surface area contributed by atoms with Crippen LogP contribution in [-0.4, -0.2) is 14.7 Å². The zero-order valence-electron chi connectivity index (χ0n) is 15.5. The predicted octanol–water partition coefficient (Wildman–Crippen LogP) is 6.26. The molecule has 0 aliphatic rings. The first kappa shape index (κ1) is 15.5. The van der Waals surface area contributed by atoms with E-state index in [-0.39, 0.29) is 0 Å². The van der Waals surface area contributed by atoms with Crippen LogP contribution in [0.2, 0.25) is 0 Å². The summed E-state index contributed by atoms with van der Waals surface area (Å²) in [6.07, 6.45) is 1.09. The van der Waals surface area contributed by atoms with E-state index in [0.717, 1.165) is 27.8 Å². The fraction of sp³-hybridized carbons (Fsp3) is 0.0400. The summed E-state index contributed by atoms with van der Waals surface area (Å²) >= 11 is 0. The molecule has 0 aliphatic heterocycles. The van der Waals surface area contributed by atoms with Gasteiger partial charge in [-0.3, -0.25) is 0 Å². The second kappa shape index (κ2) is 4.78. The highest BCUT2D eigenvalue weighted by molar-refractivity contribution is 7.86. The lowest BCUT2D eigenvalue weighted by Gasteiger charge is -2.21. The van der Waals surface area contributed by atoms with E-state index in [4.69, 9.17) is 4.18 Å². The van der Waals surface area contributed by atoms with Gasteiger partial charge in [0.25, 0.3) is 0 Å². The Bertz CT molecular complexity index is 1790. The minimum absolute atomic E-state index is 0.389. The Kier molecular flexibility index (Phi) is 2.56. The Balaban J connectivity index is 1.91. The van der Waals surface area contributed by atoms with Crippen molar-refractivity contribution in [3.05, 3.63) is 66.7 Å². The molecule has 7 aromatic rings. The van der Waals surface area contributed by atoms with Crippen molar-refractivity contribution in [1.29, 1.82) is 0 Å². The van der Waals surface area contributed by atoms with E-state index in [1.165, 1.54) is 43.1 Å². The lowest BCUT2D eigenvalue weighted by Crippen LogP contribution is -2.06. The smallest absolute Gasteiger partial charge is 0.306 e. The van der Waals surface area contributed by atoms with E-state index in [1.54, 1.807) is 0 Å². The maximum atomic E-state index is 11.9. The summed E-state index contributed by atoms with van der Waals surface area (Å²) in [5.74, 6) is 0.389. The fourth-order valence-corrected chi connectivity index (χ4v) is 5.65. The molecule has 0 saturated carbocycles. The predicted molar refractivity (Wildman–Crippen MR) is 121 cm³/mol. The van der Waals surface area contributed by atoms with Crippen molar-refractivity contribution in [3.63, 3.8) is 0 Å². The summed E-state index contributed by atoms with van der Waals surface area (Å²) < 4.78 is 29.3. The minimum atomic E-state index is -3.64. The summed E-state index contributed by atoms with van der Waals surface area (Å²) in [4.78, 5) is 0. The van der Waals surface area contributed by atoms with E-state index in [9.17, 15) is 8.42 Å². The first-order chi connectivity index (χ1) is 14.0. The quantitative estimate of drug-likeness (QED) is 0.197. The van der Waals surface area contributed by atoms with Crippen LogP contribution in [0.4, 0.5) is 0 Å². The lowest BCUT2D eigenvalue weighted by atomic mass is 9.83. The van der Waals surface area contributed by atoms with Gasteiger partial charge < -0.3 is 4.18 Å². The highest BCUT2D eigenvalue weighted by Gasteiger charge is 2.22. The largest absolute Gasteiger partial charge is 0.382 e. The van der Waals surface area contributed by atoms with Crippen molar-refractivity contribution >= 4 is 74.8 Å². The van der Waals surface area contributed by atoms with E-state index in [2.05, 4.69) is 54.6 Å². The molecule has 7 rings (SSSR count). The maximum Gasteiger partial charge on any atom is 0.306 e. The van der Waals surface area contributed by atoms with Gasteiger partial charge in [-0.15, -0.1) is 0 Å². The Morgan fingerprint density at radius 1 is 0.552 bits per heavy atom. The Labute approximate surface area is 166 Å². The van der Waals surface area contributed by atoms with E-state index >= 15 is 0 Å². The monoisotopic (exact) mass is 394 g/mol. The van der Waals surface area contributed by atoms with Crippen molar-refractivity contribution in [2.45, 2.75) is 0 Å². The molecule has 0 atom stereocenters. The number of rotatable bonds is 2. The molecular formula is C25H14O3S. The molecule has 0 radical (unpaired) electrons. The summed E-state index contributed by atoms with van der Waals surface area (Å²) in [6, 6.07) is 23.1. The molecule has 138 valence electrons. The summed E-state index contributed by atoms with van der Waals surface area (Å²) in [7, 11) is -3.64. The van der Waals surface area contributed by atoms with Gasteiger partial charge in [0.1, 0.15) is 0 Å². The molecule has 0 heterocycles. The van der Waals surface area contributed by atoms with Gasteiger partial charge in [-0.05, 0) is 66.0 Å². The second-order valence-corrected chi connectivity index (χ2v) is 9.48. The molecule has 0 aromatic heterocycles. The van der Waals surface area contributed by atoms with Crippen molar-refractivity contribution in [3.8, 4) is 5.75 Å². The zero-order chi connectivity index (χ0) is 19.5. The van der Waals surface area contributed by atoms with Gasteiger partial charge in [0.15, 0.2) is 5.75 Å². The standard InChI is InChI=1S/C25H14O3S/c1-29(26,27)28-19-12-17-9-8-15-5-3-13-2-4-14-6-7-16-10-11-18(19)25-23(16)21(14)20(13)22(15)24(17)25/h2-12H,1H3. The van der Waals surface area contributed by atoms with Crippen LogP contribution in [0.15, 0.2) is 66.7 Å². The number of benzene rings is 7.